The maximum absolute atomic E-state index is 13.7. The molecule has 0 saturated carbocycles. The molecule has 0 spiro atoms. The molecule has 2 N–H and O–H groups in total. The lowest BCUT2D eigenvalue weighted by atomic mass is 9.99. The second-order valence-electron chi connectivity index (χ2n) is 5.03. The van der Waals surface area contributed by atoms with Crippen molar-refractivity contribution in [3.05, 3.63) is 29.6 Å². The molecule has 0 saturated heterocycles. The lowest BCUT2D eigenvalue weighted by Crippen LogP contribution is -2.30. The van der Waals surface area contributed by atoms with E-state index in [-0.39, 0.29) is 29.9 Å². The van der Waals surface area contributed by atoms with Crippen LogP contribution < -0.4 is 9.88 Å². The van der Waals surface area contributed by atoms with Gasteiger partial charge >= 0.3 is 0 Å². The van der Waals surface area contributed by atoms with Crippen LogP contribution in [0.4, 0.5) is 4.39 Å². The molecule has 19 heavy (non-hydrogen) atoms. The van der Waals surface area contributed by atoms with E-state index in [4.69, 9.17) is 9.88 Å². The molecule has 0 heterocycles. The van der Waals surface area contributed by atoms with Gasteiger partial charge in [0.05, 0.1) is 12.4 Å². The first-order valence-corrected chi connectivity index (χ1v) is 7.80. The summed E-state index contributed by atoms with van der Waals surface area (Å²) in [6.45, 7) is 5.53. The van der Waals surface area contributed by atoms with Gasteiger partial charge in [0.25, 0.3) is 0 Å². The van der Waals surface area contributed by atoms with Gasteiger partial charge in [0.1, 0.15) is 0 Å². The Balaban J connectivity index is 2.74. The zero-order valence-corrected chi connectivity index (χ0v) is 12.2. The van der Waals surface area contributed by atoms with Crippen molar-refractivity contribution in [2.24, 2.45) is 17.0 Å². The van der Waals surface area contributed by atoms with Gasteiger partial charge in [-0.2, -0.15) is 0 Å². The topological polar surface area (TPSA) is 69.4 Å². The smallest absolute Gasteiger partial charge is 0.209 e. The second-order valence-corrected chi connectivity index (χ2v) is 6.69. The third-order valence-electron chi connectivity index (χ3n) is 3.00. The summed E-state index contributed by atoms with van der Waals surface area (Å²) in [5.41, 5.74) is 0.491. The van der Waals surface area contributed by atoms with Crippen molar-refractivity contribution in [1.82, 2.24) is 0 Å². The third-order valence-corrected chi connectivity index (χ3v) is 3.89. The van der Waals surface area contributed by atoms with E-state index in [0.717, 1.165) is 0 Å². The van der Waals surface area contributed by atoms with Crippen LogP contribution in [-0.4, -0.2) is 20.8 Å². The van der Waals surface area contributed by atoms with Crippen LogP contribution in [0.3, 0.4) is 0 Å². The molecule has 0 amide bonds. The van der Waals surface area contributed by atoms with Gasteiger partial charge < -0.3 is 4.74 Å². The highest BCUT2D eigenvalue weighted by atomic mass is 32.2. The van der Waals surface area contributed by atoms with Crippen molar-refractivity contribution in [3.63, 3.8) is 0 Å². The van der Waals surface area contributed by atoms with E-state index in [1.807, 2.05) is 13.8 Å². The molecular weight excluding hydrogens is 269 g/mol. The number of nitrogens with two attached hydrogens (primary N) is 1. The Labute approximate surface area is 113 Å². The van der Waals surface area contributed by atoms with E-state index in [2.05, 4.69) is 0 Å². The molecule has 6 heteroatoms. The largest absolute Gasteiger partial charge is 0.490 e. The third kappa shape index (κ3) is 5.16. The average Bonchev–Trinajstić information content (AvgIpc) is 2.27. The minimum absolute atomic E-state index is 0.0752. The highest BCUT2D eigenvalue weighted by Crippen LogP contribution is 2.22. The number of hydrogen-bond donors (Lipinski definition) is 1. The Morgan fingerprint density at radius 3 is 2.53 bits per heavy atom. The molecule has 0 fully saturated rings. The Bertz CT molecular complexity index is 529. The molecule has 0 bridgehead atoms. The highest BCUT2D eigenvalue weighted by molar-refractivity contribution is 7.89. The summed E-state index contributed by atoms with van der Waals surface area (Å²) in [6, 6.07) is 4.86. The molecular formula is C13H20FNO3S. The summed E-state index contributed by atoms with van der Waals surface area (Å²) >= 11 is 0. The van der Waals surface area contributed by atoms with Crippen molar-refractivity contribution in [1.29, 1.82) is 0 Å². The summed E-state index contributed by atoms with van der Waals surface area (Å²) in [7, 11) is -3.56. The fourth-order valence-electron chi connectivity index (χ4n) is 1.66. The van der Waals surface area contributed by atoms with Gasteiger partial charge in [0.15, 0.2) is 11.6 Å². The van der Waals surface area contributed by atoms with Crippen LogP contribution in [0.15, 0.2) is 18.2 Å². The van der Waals surface area contributed by atoms with Crippen LogP contribution >= 0.6 is 0 Å². The maximum Gasteiger partial charge on any atom is 0.209 e. The van der Waals surface area contributed by atoms with E-state index in [9.17, 15) is 12.8 Å². The fraction of sp³-hybridized carbons (Fsp3) is 0.538. The van der Waals surface area contributed by atoms with Gasteiger partial charge in [-0.05, 0) is 24.5 Å². The number of hydrogen-bond acceptors (Lipinski definition) is 3. The Hall–Kier alpha value is -1.14. The number of benzene rings is 1. The van der Waals surface area contributed by atoms with Gasteiger partial charge in [-0.15, -0.1) is 0 Å². The lowest BCUT2D eigenvalue weighted by molar-refractivity contribution is 0.217. The Morgan fingerprint density at radius 2 is 2.00 bits per heavy atom. The predicted octanol–water partition coefficient (Wildman–Crippen LogP) is 2.07. The van der Waals surface area contributed by atoms with E-state index in [1.54, 1.807) is 19.1 Å². The van der Waals surface area contributed by atoms with Crippen molar-refractivity contribution in [2.75, 3.05) is 12.4 Å². The summed E-state index contributed by atoms with van der Waals surface area (Å²) in [6.07, 6.45) is 0. The van der Waals surface area contributed by atoms with E-state index >= 15 is 0 Å². The normalized spacial score (nSPS) is 13.6. The highest BCUT2D eigenvalue weighted by Gasteiger charge is 2.21. The number of sulfonamides is 1. The van der Waals surface area contributed by atoms with Crippen LogP contribution in [0.1, 0.15) is 19.4 Å². The molecule has 1 aromatic rings. The number of ether oxygens (including phenoxy) is 1. The molecule has 1 aromatic carbocycles. The molecule has 0 aliphatic heterocycles. The second kappa shape index (κ2) is 6.34. The minimum atomic E-state index is -3.56. The summed E-state index contributed by atoms with van der Waals surface area (Å²) < 4.78 is 41.4. The molecule has 0 aliphatic rings. The van der Waals surface area contributed by atoms with Crippen LogP contribution in [0.5, 0.6) is 5.75 Å². The summed E-state index contributed by atoms with van der Waals surface area (Å²) in [4.78, 5) is 0. The van der Waals surface area contributed by atoms with Crippen LogP contribution in [0, 0.1) is 24.6 Å². The quantitative estimate of drug-likeness (QED) is 0.871. The summed E-state index contributed by atoms with van der Waals surface area (Å²) in [5.74, 6) is -0.639. The van der Waals surface area contributed by atoms with Crippen molar-refractivity contribution >= 4 is 10.0 Å². The lowest BCUT2D eigenvalue weighted by Gasteiger charge is -2.20. The van der Waals surface area contributed by atoms with Gasteiger partial charge in [-0.1, -0.05) is 26.0 Å². The van der Waals surface area contributed by atoms with E-state index < -0.39 is 15.8 Å². The zero-order chi connectivity index (χ0) is 14.6. The predicted molar refractivity (Wildman–Crippen MR) is 72.9 cm³/mol. The number of halogens is 1. The SMILES string of the molecule is Cc1cccc(OCC(CS(N)(=O)=O)C(C)C)c1F. The molecule has 0 aromatic heterocycles. The number of primary sulfonamides is 1. The monoisotopic (exact) mass is 289 g/mol. The van der Waals surface area contributed by atoms with Crippen LogP contribution in [-0.2, 0) is 10.0 Å². The zero-order valence-electron chi connectivity index (χ0n) is 11.4. The minimum Gasteiger partial charge on any atom is -0.490 e. The molecule has 1 unspecified atom stereocenters. The summed E-state index contributed by atoms with van der Waals surface area (Å²) in [5, 5.41) is 5.04. The number of aryl methyl sites for hydroxylation is 1. The molecule has 0 radical (unpaired) electrons. The van der Waals surface area contributed by atoms with Gasteiger partial charge in [0.2, 0.25) is 10.0 Å². The molecule has 4 nitrogen and oxygen atoms in total. The number of rotatable bonds is 6. The average molecular weight is 289 g/mol. The van der Waals surface area contributed by atoms with Gasteiger partial charge in [0, 0.05) is 5.92 Å². The maximum atomic E-state index is 13.7. The molecule has 108 valence electrons. The Morgan fingerprint density at radius 1 is 1.37 bits per heavy atom. The van der Waals surface area contributed by atoms with Crippen molar-refractivity contribution in [3.8, 4) is 5.75 Å². The standard InChI is InChI=1S/C13H20FNO3S/c1-9(2)11(8-19(15,16)17)7-18-12-6-4-5-10(3)13(12)14/h4-6,9,11H,7-8H2,1-3H3,(H2,15,16,17). The Kier molecular flexibility index (Phi) is 5.31. The van der Waals surface area contributed by atoms with Crippen molar-refractivity contribution < 1.29 is 17.5 Å². The van der Waals surface area contributed by atoms with Crippen LogP contribution in [0.25, 0.3) is 0 Å². The van der Waals surface area contributed by atoms with Crippen LogP contribution in [0.2, 0.25) is 0 Å². The molecule has 0 aliphatic carbocycles. The first-order chi connectivity index (χ1) is 8.70. The van der Waals surface area contributed by atoms with Gasteiger partial charge in [-0.25, -0.2) is 17.9 Å². The first-order valence-electron chi connectivity index (χ1n) is 6.09. The molecule has 1 rings (SSSR count). The molecule has 1 atom stereocenters. The van der Waals surface area contributed by atoms with E-state index in [0.29, 0.717) is 5.56 Å². The van der Waals surface area contributed by atoms with Gasteiger partial charge in [-0.3, -0.25) is 0 Å². The van der Waals surface area contributed by atoms with Crippen molar-refractivity contribution in [2.45, 2.75) is 20.8 Å². The first kappa shape index (κ1) is 15.9. The fourth-order valence-corrected chi connectivity index (χ4v) is 2.74. The van der Waals surface area contributed by atoms with E-state index in [1.165, 1.54) is 6.07 Å².